The molecule has 1 N–H and O–H groups in total. The second kappa shape index (κ2) is 6.30. The molecular weight excluding hydrogens is 229 g/mol. The number of ether oxygens (including phenoxy) is 1. The van der Waals surface area contributed by atoms with E-state index in [4.69, 9.17) is 4.74 Å². The Morgan fingerprint density at radius 2 is 2.22 bits per heavy atom. The molecule has 0 aromatic heterocycles. The van der Waals surface area contributed by atoms with Gasteiger partial charge in [-0.3, -0.25) is 0 Å². The van der Waals surface area contributed by atoms with Gasteiger partial charge in [0.2, 0.25) is 0 Å². The lowest BCUT2D eigenvalue weighted by atomic mass is 9.75. The topological polar surface area (TPSA) is 21.3 Å². The molecule has 1 atom stereocenters. The summed E-state index contributed by atoms with van der Waals surface area (Å²) >= 11 is 0. The van der Waals surface area contributed by atoms with Crippen molar-refractivity contribution in [3.8, 4) is 0 Å². The van der Waals surface area contributed by atoms with Gasteiger partial charge in [-0.25, -0.2) is 4.39 Å². The van der Waals surface area contributed by atoms with Gasteiger partial charge in [-0.1, -0.05) is 12.1 Å². The molecule has 3 heteroatoms. The van der Waals surface area contributed by atoms with Crippen LogP contribution < -0.4 is 5.32 Å². The maximum atomic E-state index is 13.1. The molecule has 0 heterocycles. The predicted octanol–water partition coefficient (Wildman–Crippen LogP) is 3.09. The maximum Gasteiger partial charge on any atom is 0.123 e. The van der Waals surface area contributed by atoms with Crippen LogP contribution in [-0.4, -0.2) is 25.3 Å². The Balaban J connectivity index is 1.73. The quantitative estimate of drug-likeness (QED) is 0.839. The minimum Gasteiger partial charge on any atom is -0.380 e. The zero-order valence-corrected chi connectivity index (χ0v) is 11.2. The van der Waals surface area contributed by atoms with Crippen LogP contribution in [0.15, 0.2) is 24.3 Å². The first-order valence-corrected chi connectivity index (χ1v) is 6.78. The highest BCUT2D eigenvalue weighted by atomic mass is 19.1. The third-order valence-corrected chi connectivity index (χ3v) is 3.55. The van der Waals surface area contributed by atoms with Crippen LogP contribution in [0.2, 0.25) is 0 Å². The van der Waals surface area contributed by atoms with Crippen LogP contribution in [0.3, 0.4) is 0 Å². The summed E-state index contributed by atoms with van der Waals surface area (Å²) < 4.78 is 18.5. The molecule has 100 valence electrons. The van der Waals surface area contributed by atoms with E-state index in [1.165, 1.54) is 6.07 Å². The van der Waals surface area contributed by atoms with Crippen molar-refractivity contribution in [1.82, 2.24) is 5.32 Å². The number of benzene rings is 1. The van der Waals surface area contributed by atoms with Gasteiger partial charge < -0.3 is 10.1 Å². The second-order valence-electron chi connectivity index (χ2n) is 5.15. The summed E-state index contributed by atoms with van der Waals surface area (Å²) in [4.78, 5) is 0. The summed E-state index contributed by atoms with van der Waals surface area (Å²) in [5, 5.41) is 3.55. The van der Waals surface area contributed by atoms with Gasteiger partial charge in [0.1, 0.15) is 5.82 Å². The summed E-state index contributed by atoms with van der Waals surface area (Å²) in [6, 6.07) is 7.92. The third kappa shape index (κ3) is 3.53. The predicted molar refractivity (Wildman–Crippen MR) is 71.3 cm³/mol. The van der Waals surface area contributed by atoms with Crippen LogP contribution in [0.1, 0.15) is 38.2 Å². The van der Waals surface area contributed by atoms with Crippen molar-refractivity contribution in [2.45, 2.75) is 44.7 Å². The van der Waals surface area contributed by atoms with E-state index in [2.05, 4.69) is 12.2 Å². The van der Waals surface area contributed by atoms with Crippen molar-refractivity contribution >= 4 is 0 Å². The van der Waals surface area contributed by atoms with Gasteiger partial charge in [-0.2, -0.15) is 0 Å². The highest BCUT2D eigenvalue weighted by molar-refractivity contribution is 5.23. The van der Waals surface area contributed by atoms with Gasteiger partial charge in [-0.05, 0) is 50.3 Å². The van der Waals surface area contributed by atoms with Crippen molar-refractivity contribution in [3.05, 3.63) is 35.6 Å². The Morgan fingerprint density at radius 3 is 2.89 bits per heavy atom. The average Bonchev–Trinajstić information content (AvgIpc) is 2.30. The van der Waals surface area contributed by atoms with E-state index in [1.54, 1.807) is 12.1 Å². The highest BCUT2D eigenvalue weighted by Crippen LogP contribution is 2.37. The summed E-state index contributed by atoms with van der Waals surface area (Å²) in [6.07, 6.45) is 2.19. The molecule has 1 aromatic rings. The molecule has 2 nitrogen and oxygen atoms in total. The van der Waals surface area contributed by atoms with Gasteiger partial charge in [0.05, 0.1) is 6.61 Å². The molecule has 0 bridgehead atoms. The summed E-state index contributed by atoms with van der Waals surface area (Å²) in [5.74, 6) is 0.381. The summed E-state index contributed by atoms with van der Waals surface area (Å²) in [5.41, 5.74) is 1.13. The Morgan fingerprint density at radius 1 is 1.44 bits per heavy atom. The van der Waals surface area contributed by atoms with Gasteiger partial charge in [0, 0.05) is 18.7 Å². The molecule has 0 spiro atoms. The molecule has 18 heavy (non-hydrogen) atoms. The molecule has 0 aliphatic heterocycles. The lowest BCUT2D eigenvalue weighted by molar-refractivity contribution is 0.115. The van der Waals surface area contributed by atoms with Crippen LogP contribution in [0, 0.1) is 5.82 Å². The monoisotopic (exact) mass is 251 g/mol. The zero-order valence-electron chi connectivity index (χ0n) is 11.2. The van der Waals surface area contributed by atoms with E-state index in [0.717, 1.165) is 31.6 Å². The Hall–Kier alpha value is -0.930. The minimum atomic E-state index is -0.131. The van der Waals surface area contributed by atoms with Crippen LogP contribution in [-0.2, 0) is 4.74 Å². The van der Waals surface area contributed by atoms with Crippen LogP contribution >= 0.6 is 0 Å². The molecule has 1 aliphatic rings. The van der Waals surface area contributed by atoms with Gasteiger partial charge in [0.25, 0.3) is 0 Å². The van der Waals surface area contributed by atoms with Crippen molar-refractivity contribution in [1.29, 1.82) is 0 Å². The molecule has 1 aromatic carbocycles. The molecule has 0 amide bonds. The van der Waals surface area contributed by atoms with Gasteiger partial charge in [0.15, 0.2) is 0 Å². The molecule has 0 saturated heterocycles. The number of hydrogen-bond acceptors (Lipinski definition) is 2. The standard InChI is InChI=1S/C15H22FNO/c1-3-18-10-11(2)17-15-8-13(9-15)12-5-4-6-14(16)7-12/h4-7,11,13,15,17H,3,8-10H2,1-2H3. The number of rotatable bonds is 6. The van der Waals surface area contributed by atoms with Crippen molar-refractivity contribution in [2.75, 3.05) is 13.2 Å². The van der Waals surface area contributed by atoms with E-state index < -0.39 is 0 Å². The van der Waals surface area contributed by atoms with E-state index in [9.17, 15) is 4.39 Å². The van der Waals surface area contributed by atoms with Crippen LogP contribution in [0.4, 0.5) is 4.39 Å². The lowest BCUT2D eigenvalue weighted by Crippen LogP contribution is -2.46. The van der Waals surface area contributed by atoms with Crippen molar-refractivity contribution < 1.29 is 9.13 Å². The summed E-state index contributed by atoms with van der Waals surface area (Å²) in [6.45, 7) is 5.68. The highest BCUT2D eigenvalue weighted by Gasteiger charge is 2.30. The van der Waals surface area contributed by atoms with Crippen LogP contribution in [0.5, 0.6) is 0 Å². The normalized spacial score (nSPS) is 24.6. The van der Waals surface area contributed by atoms with E-state index in [0.29, 0.717) is 18.0 Å². The minimum absolute atomic E-state index is 0.131. The Bertz CT molecular complexity index is 377. The van der Waals surface area contributed by atoms with E-state index in [1.807, 2.05) is 13.0 Å². The smallest absolute Gasteiger partial charge is 0.123 e. The molecule has 1 saturated carbocycles. The van der Waals surface area contributed by atoms with Crippen molar-refractivity contribution in [3.63, 3.8) is 0 Å². The molecule has 1 unspecified atom stereocenters. The largest absolute Gasteiger partial charge is 0.380 e. The Kier molecular flexibility index (Phi) is 4.72. The molecule has 0 radical (unpaired) electrons. The fourth-order valence-corrected chi connectivity index (χ4v) is 2.53. The first kappa shape index (κ1) is 13.5. The number of halogens is 1. The molecular formula is C15H22FNO. The number of hydrogen-bond donors (Lipinski definition) is 1. The maximum absolute atomic E-state index is 13.1. The first-order chi connectivity index (χ1) is 8.69. The fourth-order valence-electron chi connectivity index (χ4n) is 2.53. The second-order valence-corrected chi connectivity index (χ2v) is 5.15. The SMILES string of the molecule is CCOCC(C)NC1CC(c2cccc(F)c2)C1. The molecule has 2 rings (SSSR count). The fraction of sp³-hybridized carbons (Fsp3) is 0.600. The molecule has 1 fully saturated rings. The van der Waals surface area contributed by atoms with E-state index in [-0.39, 0.29) is 5.82 Å². The van der Waals surface area contributed by atoms with Gasteiger partial charge >= 0.3 is 0 Å². The zero-order chi connectivity index (χ0) is 13.0. The van der Waals surface area contributed by atoms with E-state index >= 15 is 0 Å². The van der Waals surface area contributed by atoms with Crippen molar-refractivity contribution in [2.24, 2.45) is 0 Å². The first-order valence-electron chi connectivity index (χ1n) is 6.78. The van der Waals surface area contributed by atoms with Crippen LogP contribution in [0.25, 0.3) is 0 Å². The number of nitrogens with one attached hydrogen (secondary N) is 1. The Labute approximate surface area is 109 Å². The third-order valence-electron chi connectivity index (χ3n) is 3.55. The summed E-state index contributed by atoms with van der Waals surface area (Å²) in [7, 11) is 0. The average molecular weight is 251 g/mol. The molecule has 1 aliphatic carbocycles. The lowest BCUT2D eigenvalue weighted by Gasteiger charge is -2.38. The van der Waals surface area contributed by atoms with Gasteiger partial charge in [-0.15, -0.1) is 0 Å².